The summed E-state index contributed by atoms with van der Waals surface area (Å²) in [6, 6.07) is 9.69. The molecule has 0 bridgehead atoms. The summed E-state index contributed by atoms with van der Waals surface area (Å²) < 4.78 is 26.0. The molecule has 2 heterocycles. The van der Waals surface area contributed by atoms with Gasteiger partial charge < -0.3 is 15.2 Å². The summed E-state index contributed by atoms with van der Waals surface area (Å²) in [5, 5.41) is 4.03. The minimum absolute atomic E-state index is 0. The summed E-state index contributed by atoms with van der Waals surface area (Å²) in [7, 11) is 3.19. The molecule has 0 atom stereocenters. The van der Waals surface area contributed by atoms with Crippen molar-refractivity contribution >= 4 is 23.7 Å². The molecule has 156 valence electrons. The smallest absolute Gasteiger partial charge is 0.346 e. The number of benzene rings is 1. The Morgan fingerprint density at radius 2 is 2.00 bits per heavy atom. The van der Waals surface area contributed by atoms with Crippen LogP contribution >= 0.6 is 23.7 Å². The molecule has 10 heteroatoms. The summed E-state index contributed by atoms with van der Waals surface area (Å²) >= 11 is 1.57. The van der Waals surface area contributed by atoms with Gasteiger partial charge in [0.15, 0.2) is 11.5 Å². The van der Waals surface area contributed by atoms with Crippen LogP contribution in [0.25, 0.3) is 10.4 Å². The van der Waals surface area contributed by atoms with Gasteiger partial charge in [-0.15, -0.1) is 23.7 Å². The number of nitrogens with two attached hydrogens (primary N) is 1. The molecule has 0 aliphatic heterocycles. The van der Waals surface area contributed by atoms with Crippen molar-refractivity contribution in [2.45, 2.75) is 13.1 Å². The lowest BCUT2D eigenvalue weighted by Crippen LogP contribution is -2.26. The first-order chi connectivity index (χ1) is 13.6. The third-order valence-corrected chi connectivity index (χ3v) is 5.34. The van der Waals surface area contributed by atoms with Crippen LogP contribution in [0.1, 0.15) is 4.88 Å². The van der Waals surface area contributed by atoms with E-state index in [1.807, 2.05) is 30.3 Å². The first-order valence-corrected chi connectivity index (χ1v) is 9.32. The Balaban J connectivity index is 0.00000300. The molecule has 29 heavy (non-hydrogen) atoms. The van der Waals surface area contributed by atoms with Crippen molar-refractivity contribution in [2.24, 2.45) is 5.73 Å². The van der Waals surface area contributed by atoms with Crippen LogP contribution in [0, 0.1) is 0 Å². The highest BCUT2D eigenvalue weighted by Crippen LogP contribution is 2.35. The van der Waals surface area contributed by atoms with E-state index in [4.69, 9.17) is 15.2 Å². The van der Waals surface area contributed by atoms with Crippen molar-refractivity contribution in [1.29, 1.82) is 0 Å². The van der Waals surface area contributed by atoms with Crippen molar-refractivity contribution in [2.75, 3.05) is 20.8 Å². The summed E-state index contributed by atoms with van der Waals surface area (Å²) in [6.45, 7) is 0.462. The molecule has 0 radical (unpaired) electrons. The van der Waals surface area contributed by atoms with Gasteiger partial charge in [0.1, 0.15) is 6.33 Å². The maximum absolute atomic E-state index is 12.7. The first-order valence-electron chi connectivity index (χ1n) is 8.51. The highest BCUT2D eigenvalue weighted by molar-refractivity contribution is 7.15. The van der Waals surface area contributed by atoms with Gasteiger partial charge in [0.25, 0.3) is 0 Å². The molecule has 1 aromatic carbocycles. The maximum atomic E-state index is 12.7. The summed E-state index contributed by atoms with van der Waals surface area (Å²) in [6.07, 6.45) is 1.87. The van der Waals surface area contributed by atoms with E-state index < -0.39 is 0 Å². The van der Waals surface area contributed by atoms with Crippen LogP contribution in [0.2, 0.25) is 0 Å². The van der Waals surface area contributed by atoms with E-state index in [9.17, 15) is 9.18 Å². The Labute approximate surface area is 177 Å². The molecule has 3 rings (SSSR count). The Morgan fingerprint density at radius 1 is 1.24 bits per heavy atom. The zero-order valence-corrected chi connectivity index (χ0v) is 17.6. The number of thiophene rings is 1. The molecule has 0 aliphatic rings. The van der Waals surface area contributed by atoms with Gasteiger partial charge in [-0.3, -0.25) is 4.57 Å². The SMILES string of the molecule is COc1ccc(-c2ccc(Cn3cnn(C/C(=C/F)CN)c3=O)s2)cc1OC.Cl. The molecule has 3 aromatic rings. The van der Waals surface area contributed by atoms with Gasteiger partial charge in [0.05, 0.1) is 33.6 Å². The van der Waals surface area contributed by atoms with Crippen molar-refractivity contribution in [3.05, 3.63) is 63.9 Å². The van der Waals surface area contributed by atoms with Crippen LogP contribution in [0.4, 0.5) is 4.39 Å². The van der Waals surface area contributed by atoms with Crippen LogP contribution in [-0.4, -0.2) is 35.1 Å². The van der Waals surface area contributed by atoms with Gasteiger partial charge in [-0.1, -0.05) is 0 Å². The molecular formula is C19H22ClFN4O3S. The van der Waals surface area contributed by atoms with E-state index in [1.54, 1.807) is 25.6 Å². The average Bonchev–Trinajstić information content (AvgIpc) is 3.33. The van der Waals surface area contributed by atoms with Gasteiger partial charge in [-0.2, -0.15) is 5.10 Å². The van der Waals surface area contributed by atoms with Crippen molar-refractivity contribution < 1.29 is 13.9 Å². The molecule has 0 amide bonds. The third kappa shape index (κ3) is 5.06. The number of methoxy groups -OCH3 is 2. The lowest BCUT2D eigenvalue weighted by molar-refractivity contribution is 0.355. The Morgan fingerprint density at radius 3 is 2.66 bits per heavy atom. The Kier molecular flexibility index (Phi) is 8.00. The van der Waals surface area contributed by atoms with Crippen molar-refractivity contribution in [1.82, 2.24) is 14.3 Å². The predicted octanol–water partition coefficient (Wildman–Crippen LogP) is 3.07. The number of hydrogen-bond donors (Lipinski definition) is 1. The van der Waals surface area contributed by atoms with Gasteiger partial charge >= 0.3 is 5.69 Å². The highest BCUT2D eigenvalue weighted by Gasteiger charge is 2.11. The number of halogens is 2. The predicted molar refractivity (Wildman–Crippen MR) is 114 cm³/mol. The van der Waals surface area contributed by atoms with E-state index in [0.717, 1.165) is 15.3 Å². The first kappa shape index (κ1) is 22.7. The zero-order chi connectivity index (χ0) is 20.1. The van der Waals surface area contributed by atoms with E-state index >= 15 is 0 Å². The molecule has 2 aromatic heterocycles. The fourth-order valence-corrected chi connectivity index (χ4v) is 3.70. The summed E-state index contributed by atoms with van der Waals surface area (Å²) in [5.41, 5.74) is 6.43. The topological polar surface area (TPSA) is 84.3 Å². The minimum Gasteiger partial charge on any atom is -0.493 e. The normalized spacial score (nSPS) is 11.2. The number of hydrogen-bond acceptors (Lipinski definition) is 6. The maximum Gasteiger partial charge on any atom is 0.346 e. The van der Waals surface area contributed by atoms with Crippen LogP contribution in [0.5, 0.6) is 11.5 Å². The Bertz CT molecular complexity index is 1040. The second kappa shape index (κ2) is 10.2. The van der Waals surface area contributed by atoms with E-state index in [1.165, 1.54) is 15.6 Å². The Hall–Kier alpha value is -2.62. The molecule has 0 aliphatic carbocycles. The van der Waals surface area contributed by atoms with Crippen LogP contribution in [0.15, 0.2) is 53.4 Å². The van der Waals surface area contributed by atoms with Gasteiger partial charge in [0, 0.05) is 16.3 Å². The molecule has 0 saturated carbocycles. The van der Waals surface area contributed by atoms with Gasteiger partial charge in [-0.05, 0) is 41.5 Å². The van der Waals surface area contributed by atoms with E-state index in [2.05, 4.69) is 5.10 Å². The van der Waals surface area contributed by atoms with Crippen LogP contribution < -0.4 is 20.9 Å². The van der Waals surface area contributed by atoms with Crippen molar-refractivity contribution in [3.8, 4) is 21.9 Å². The molecule has 0 fully saturated rings. The number of aromatic nitrogens is 3. The standard InChI is InChI=1S/C19H21FN4O3S.ClH/c1-26-16-5-3-14(7-17(16)27-2)18-6-4-15(28-18)11-23-12-22-24(19(23)25)10-13(8-20)9-21;/h3-8,12H,9-11,21H2,1-2H3;1H/b13-8+;. The van der Waals surface area contributed by atoms with Gasteiger partial charge in [-0.25, -0.2) is 13.9 Å². The number of ether oxygens (including phenoxy) is 2. The lowest BCUT2D eigenvalue weighted by Gasteiger charge is -2.08. The molecule has 0 saturated heterocycles. The second-order valence-corrected chi connectivity index (χ2v) is 7.17. The molecule has 2 N–H and O–H groups in total. The highest BCUT2D eigenvalue weighted by atomic mass is 35.5. The second-order valence-electron chi connectivity index (χ2n) is 6.01. The average molecular weight is 441 g/mol. The van der Waals surface area contributed by atoms with Crippen LogP contribution in [-0.2, 0) is 13.1 Å². The van der Waals surface area contributed by atoms with E-state index in [-0.39, 0.29) is 31.2 Å². The number of rotatable bonds is 8. The quantitative estimate of drug-likeness (QED) is 0.582. The molecule has 7 nitrogen and oxygen atoms in total. The fourth-order valence-electron chi connectivity index (χ4n) is 2.70. The van der Waals surface area contributed by atoms with Crippen LogP contribution in [0.3, 0.4) is 0 Å². The molecule has 0 unspecified atom stereocenters. The largest absolute Gasteiger partial charge is 0.493 e. The molecular weight excluding hydrogens is 419 g/mol. The lowest BCUT2D eigenvalue weighted by atomic mass is 10.1. The monoisotopic (exact) mass is 440 g/mol. The summed E-state index contributed by atoms with van der Waals surface area (Å²) in [4.78, 5) is 14.5. The molecule has 0 spiro atoms. The van der Waals surface area contributed by atoms with Gasteiger partial charge in [0.2, 0.25) is 0 Å². The van der Waals surface area contributed by atoms with Crippen molar-refractivity contribution in [3.63, 3.8) is 0 Å². The summed E-state index contributed by atoms with van der Waals surface area (Å²) in [5.74, 6) is 1.32. The zero-order valence-electron chi connectivity index (χ0n) is 16.0. The minimum atomic E-state index is -0.311. The third-order valence-electron chi connectivity index (χ3n) is 4.22. The fraction of sp³-hybridized carbons (Fsp3) is 0.263. The van der Waals surface area contributed by atoms with E-state index in [0.29, 0.717) is 29.9 Å². The number of nitrogens with zero attached hydrogens (tertiary/aromatic N) is 3.